The number of nitrogens with one attached hydrogen (secondary N) is 1. The molecule has 1 aliphatic rings. The molecule has 1 N–H and O–H groups in total. The quantitative estimate of drug-likeness (QED) is 0.610. The van der Waals surface area contributed by atoms with Gasteiger partial charge in [-0.05, 0) is 24.5 Å². The maximum Gasteiger partial charge on any atom is 0.291 e. The lowest BCUT2D eigenvalue weighted by Gasteiger charge is -2.27. The molecule has 0 bridgehead atoms. The third-order valence-corrected chi connectivity index (χ3v) is 5.77. The Labute approximate surface area is 188 Å². The van der Waals surface area contributed by atoms with Crippen molar-refractivity contribution in [2.45, 2.75) is 44.8 Å². The standard InChI is InChI=1S/C25H29N3O4/c1-3-27(2)25(32)23(30)20(16-18-10-6-4-7-11-18)26-24(31)21-14-15-22(29)28(21)17-19-12-8-5-9-13-19/h4-13,20-21H,3,14-17H2,1-2H3,(H,26,31)/t20?,21-/m0/s1. The zero-order valence-corrected chi connectivity index (χ0v) is 18.5. The smallest absolute Gasteiger partial charge is 0.291 e. The first-order chi connectivity index (χ1) is 15.4. The van der Waals surface area contributed by atoms with Crippen LogP contribution in [-0.2, 0) is 32.1 Å². The molecular formula is C25H29N3O4. The molecule has 1 unspecified atom stereocenters. The fourth-order valence-electron chi connectivity index (χ4n) is 3.79. The molecule has 0 aromatic heterocycles. The molecular weight excluding hydrogens is 406 g/mol. The normalized spacial score (nSPS) is 16.5. The van der Waals surface area contributed by atoms with Crippen LogP contribution >= 0.6 is 0 Å². The van der Waals surface area contributed by atoms with E-state index in [1.165, 1.54) is 4.90 Å². The van der Waals surface area contributed by atoms with Crippen LogP contribution in [0.3, 0.4) is 0 Å². The summed E-state index contributed by atoms with van der Waals surface area (Å²) in [5.41, 5.74) is 1.76. The molecule has 7 nitrogen and oxygen atoms in total. The highest BCUT2D eigenvalue weighted by Gasteiger charge is 2.38. The third kappa shape index (κ3) is 5.60. The average molecular weight is 436 g/mol. The second-order valence-corrected chi connectivity index (χ2v) is 8.00. The van der Waals surface area contributed by atoms with Gasteiger partial charge in [0.15, 0.2) is 0 Å². The molecule has 3 rings (SSSR count). The Hall–Kier alpha value is -3.48. The molecule has 168 valence electrons. The first kappa shape index (κ1) is 23.2. The summed E-state index contributed by atoms with van der Waals surface area (Å²) in [6.45, 7) is 2.49. The minimum Gasteiger partial charge on any atom is -0.344 e. The van der Waals surface area contributed by atoms with Crippen molar-refractivity contribution in [1.82, 2.24) is 15.1 Å². The minimum atomic E-state index is -0.999. The summed E-state index contributed by atoms with van der Waals surface area (Å²) in [4.78, 5) is 54.0. The lowest BCUT2D eigenvalue weighted by atomic mass is 10.0. The number of likely N-dealkylation sites (tertiary alicyclic amines) is 1. The van der Waals surface area contributed by atoms with Gasteiger partial charge < -0.3 is 15.1 Å². The largest absolute Gasteiger partial charge is 0.344 e. The van der Waals surface area contributed by atoms with E-state index in [1.54, 1.807) is 18.9 Å². The van der Waals surface area contributed by atoms with Gasteiger partial charge in [-0.3, -0.25) is 19.2 Å². The number of hydrogen-bond donors (Lipinski definition) is 1. The second kappa shape index (κ2) is 10.7. The average Bonchev–Trinajstić information content (AvgIpc) is 3.18. The number of hydrogen-bond acceptors (Lipinski definition) is 4. The maximum absolute atomic E-state index is 13.2. The molecule has 0 saturated carbocycles. The highest BCUT2D eigenvalue weighted by atomic mass is 16.2. The van der Waals surface area contributed by atoms with E-state index in [0.717, 1.165) is 11.1 Å². The Balaban J connectivity index is 1.77. The molecule has 1 fully saturated rings. The molecule has 1 heterocycles. The Bertz CT molecular complexity index is 962. The van der Waals surface area contributed by atoms with Gasteiger partial charge >= 0.3 is 0 Å². The van der Waals surface area contributed by atoms with E-state index in [9.17, 15) is 19.2 Å². The summed E-state index contributed by atoms with van der Waals surface area (Å²) < 4.78 is 0. The van der Waals surface area contributed by atoms with E-state index in [1.807, 2.05) is 60.7 Å². The van der Waals surface area contributed by atoms with Gasteiger partial charge in [0.1, 0.15) is 12.1 Å². The van der Waals surface area contributed by atoms with Crippen LogP contribution in [0, 0.1) is 0 Å². The van der Waals surface area contributed by atoms with Crippen molar-refractivity contribution >= 4 is 23.5 Å². The Morgan fingerprint density at radius 1 is 1.03 bits per heavy atom. The van der Waals surface area contributed by atoms with Crippen molar-refractivity contribution in [3.63, 3.8) is 0 Å². The summed E-state index contributed by atoms with van der Waals surface area (Å²) in [5, 5.41) is 2.77. The highest BCUT2D eigenvalue weighted by molar-refractivity contribution is 6.38. The third-order valence-electron chi connectivity index (χ3n) is 5.77. The van der Waals surface area contributed by atoms with Gasteiger partial charge in [-0.15, -0.1) is 0 Å². The van der Waals surface area contributed by atoms with E-state index in [4.69, 9.17) is 0 Å². The topological polar surface area (TPSA) is 86.8 Å². The van der Waals surface area contributed by atoms with Crippen LogP contribution in [0.5, 0.6) is 0 Å². The fraction of sp³-hybridized carbons (Fsp3) is 0.360. The molecule has 1 saturated heterocycles. The van der Waals surface area contributed by atoms with E-state index >= 15 is 0 Å². The zero-order valence-electron chi connectivity index (χ0n) is 18.5. The minimum absolute atomic E-state index is 0.0956. The van der Waals surface area contributed by atoms with Crippen LogP contribution in [0.15, 0.2) is 60.7 Å². The van der Waals surface area contributed by atoms with Crippen LogP contribution in [0.2, 0.25) is 0 Å². The van der Waals surface area contributed by atoms with Crippen molar-refractivity contribution in [3.05, 3.63) is 71.8 Å². The molecule has 2 aromatic rings. The summed E-state index contributed by atoms with van der Waals surface area (Å²) in [6, 6.07) is 17.0. The molecule has 0 spiro atoms. The number of amides is 3. The number of ketones is 1. The Morgan fingerprint density at radius 3 is 2.22 bits per heavy atom. The molecule has 2 aromatic carbocycles. The molecule has 1 aliphatic heterocycles. The number of Topliss-reactive ketones (excluding diaryl/α,β-unsaturated/α-hetero) is 1. The number of carbonyl (C=O) groups is 4. The van der Waals surface area contributed by atoms with Crippen molar-refractivity contribution in [2.24, 2.45) is 0 Å². The number of rotatable bonds is 9. The summed E-state index contributed by atoms with van der Waals surface area (Å²) in [5.74, 6) is -1.81. The fourth-order valence-corrected chi connectivity index (χ4v) is 3.79. The number of nitrogens with zero attached hydrogens (tertiary/aromatic N) is 2. The van der Waals surface area contributed by atoms with Crippen LogP contribution < -0.4 is 5.32 Å². The van der Waals surface area contributed by atoms with Crippen LogP contribution in [0.4, 0.5) is 0 Å². The van der Waals surface area contributed by atoms with Crippen molar-refractivity contribution in [1.29, 1.82) is 0 Å². The summed E-state index contributed by atoms with van der Waals surface area (Å²) in [6.07, 6.45) is 0.861. The van der Waals surface area contributed by atoms with Gasteiger partial charge in [-0.25, -0.2) is 0 Å². The number of benzene rings is 2. The molecule has 0 radical (unpaired) electrons. The lowest BCUT2D eigenvalue weighted by molar-refractivity contribution is -0.145. The molecule has 2 atom stereocenters. The summed E-state index contributed by atoms with van der Waals surface area (Å²) in [7, 11) is 1.55. The SMILES string of the molecule is CCN(C)C(=O)C(=O)C(Cc1ccccc1)NC(=O)[C@@H]1CCC(=O)N1Cc1ccccc1. The Morgan fingerprint density at radius 2 is 1.62 bits per heavy atom. The zero-order chi connectivity index (χ0) is 23.1. The van der Waals surface area contributed by atoms with Gasteiger partial charge in [0.05, 0.1) is 0 Å². The first-order valence-corrected chi connectivity index (χ1v) is 10.9. The van der Waals surface area contributed by atoms with Gasteiger partial charge in [0.2, 0.25) is 17.6 Å². The van der Waals surface area contributed by atoms with E-state index in [-0.39, 0.29) is 18.7 Å². The predicted molar refractivity (Wildman–Crippen MR) is 120 cm³/mol. The van der Waals surface area contributed by atoms with Crippen molar-refractivity contribution in [2.75, 3.05) is 13.6 Å². The highest BCUT2D eigenvalue weighted by Crippen LogP contribution is 2.22. The van der Waals surface area contributed by atoms with E-state index in [0.29, 0.717) is 19.5 Å². The lowest BCUT2D eigenvalue weighted by Crippen LogP contribution is -2.53. The van der Waals surface area contributed by atoms with Crippen molar-refractivity contribution in [3.8, 4) is 0 Å². The molecule has 32 heavy (non-hydrogen) atoms. The van der Waals surface area contributed by atoms with Gasteiger partial charge in [-0.2, -0.15) is 0 Å². The number of carbonyl (C=O) groups excluding carboxylic acids is 4. The first-order valence-electron chi connectivity index (χ1n) is 10.9. The maximum atomic E-state index is 13.2. The van der Waals surface area contributed by atoms with Crippen LogP contribution in [0.25, 0.3) is 0 Å². The van der Waals surface area contributed by atoms with Crippen molar-refractivity contribution < 1.29 is 19.2 Å². The Kier molecular flexibility index (Phi) is 7.76. The molecule has 7 heteroatoms. The molecule has 3 amide bonds. The van der Waals surface area contributed by atoms with Gasteiger partial charge in [0.25, 0.3) is 5.91 Å². The monoisotopic (exact) mass is 435 g/mol. The summed E-state index contributed by atoms with van der Waals surface area (Å²) >= 11 is 0. The van der Waals surface area contributed by atoms with E-state index < -0.39 is 29.7 Å². The van der Waals surface area contributed by atoms with Crippen LogP contribution in [0.1, 0.15) is 30.9 Å². The predicted octanol–water partition coefficient (Wildman–Crippen LogP) is 1.95. The van der Waals surface area contributed by atoms with Gasteiger partial charge in [0, 0.05) is 33.0 Å². The van der Waals surface area contributed by atoms with Crippen LogP contribution in [-0.4, -0.2) is 59.0 Å². The second-order valence-electron chi connectivity index (χ2n) is 8.00. The molecule has 0 aliphatic carbocycles. The van der Waals surface area contributed by atoms with Gasteiger partial charge in [-0.1, -0.05) is 60.7 Å². The number of likely N-dealkylation sites (N-methyl/N-ethyl adjacent to an activating group) is 1. The van der Waals surface area contributed by atoms with E-state index in [2.05, 4.69) is 5.32 Å².